The van der Waals surface area contributed by atoms with Gasteiger partial charge in [0.15, 0.2) is 0 Å². The fraction of sp³-hybridized carbons (Fsp3) is 0.550. The Bertz CT molecular complexity index is 757. The van der Waals surface area contributed by atoms with Crippen LogP contribution in [0, 0.1) is 13.8 Å². The predicted octanol–water partition coefficient (Wildman–Crippen LogP) is 3.99. The van der Waals surface area contributed by atoms with Crippen LogP contribution < -0.4 is 4.74 Å². The molecular weight excluding hydrogens is 300 g/mol. The summed E-state index contributed by atoms with van der Waals surface area (Å²) in [5.41, 5.74) is 6.13. The van der Waals surface area contributed by atoms with Crippen molar-refractivity contribution in [2.24, 2.45) is 0 Å². The number of aryl methyl sites for hydroxylation is 1. The maximum atomic E-state index is 10.0. The van der Waals surface area contributed by atoms with E-state index in [4.69, 9.17) is 9.72 Å². The average Bonchev–Trinajstić information content (AvgIpc) is 3.24. The van der Waals surface area contributed by atoms with E-state index in [1.54, 1.807) is 7.11 Å². The number of aromatic nitrogens is 2. The standard InChI is InChI=1S/C20H28N2O2/c1-6-7-16-15(12-23)14(3)18(20(4)10-11-20)22(16)19-13(2)8-9-17(21-19)24-5/h8-9,23H,6-7,10-12H2,1-5H3. The van der Waals surface area contributed by atoms with Gasteiger partial charge < -0.3 is 14.4 Å². The van der Waals surface area contributed by atoms with Crippen molar-refractivity contribution in [2.45, 2.75) is 65.4 Å². The molecule has 0 aliphatic heterocycles. The third-order valence-electron chi connectivity index (χ3n) is 5.33. The van der Waals surface area contributed by atoms with Crippen molar-refractivity contribution in [1.29, 1.82) is 0 Å². The Kier molecular flexibility index (Phi) is 4.43. The zero-order chi connectivity index (χ0) is 17.5. The lowest BCUT2D eigenvalue weighted by Gasteiger charge is -2.19. The molecule has 1 aliphatic rings. The summed E-state index contributed by atoms with van der Waals surface area (Å²) in [4.78, 5) is 4.75. The van der Waals surface area contributed by atoms with E-state index in [1.165, 1.54) is 29.8 Å². The first-order valence-electron chi connectivity index (χ1n) is 8.83. The molecule has 0 aromatic carbocycles. The van der Waals surface area contributed by atoms with E-state index in [1.807, 2.05) is 6.07 Å². The van der Waals surface area contributed by atoms with Crippen LogP contribution in [0.5, 0.6) is 5.88 Å². The van der Waals surface area contributed by atoms with Crippen molar-refractivity contribution in [3.05, 3.63) is 40.2 Å². The average molecular weight is 328 g/mol. The van der Waals surface area contributed by atoms with Crippen LogP contribution in [0.1, 0.15) is 61.2 Å². The van der Waals surface area contributed by atoms with E-state index < -0.39 is 0 Å². The Morgan fingerprint density at radius 3 is 2.54 bits per heavy atom. The maximum absolute atomic E-state index is 10.0. The predicted molar refractivity (Wildman–Crippen MR) is 96.1 cm³/mol. The van der Waals surface area contributed by atoms with Crippen molar-refractivity contribution < 1.29 is 9.84 Å². The van der Waals surface area contributed by atoms with Gasteiger partial charge in [0, 0.05) is 28.4 Å². The first-order chi connectivity index (χ1) is 11.5. The zero-order valence-corrected chi connectivity index (χ0v) is 15.4. The van der Waals surface area contributed by atoms with Crippen LogP contribution in [-0.2, 0) is 18.4 Å². The monoisotopic (exact) mass is 328 g/mol. The summed E-state index contributed by atoms with van der Waals surface area (Å²) in [6, 6.07) is 3.96. The van der Waals surface area contributed by atoms with Gasteiger partial charge >= 0.3 is 0 Å². The number of rotatable bonds is 6. The van der Waals surface area contributed by atoms with E-state index in [0.717, 1.165) is 29.8 Å². The van der Waals surface area contributed by atoms with E-state index in [2.05, 4.69) is 38.3 Å². The van der Waals surface area contributed by atoms with Crippen LogP contribution >= 0.6 is 0 Å². The van der Waals surface area contributed by atoms with Gasteiger partial charge in [0.2, 0.25) is 5.88 Å². The first kappa shape index (κ1) is 17.0. The van der Waals surface area contributed by atoms with Crippen LogP contribution in [-0.4, -0.2) is 21.8 Å². The van der Waals surface area contributed by atoms with Crippen molar-refractivity contribution >= 4 is 0 Å². The summed E-state index contributed by atoms with van der Waals surface area (Å²) in [5, 5.41) is 10.0. The van der Waals surface area contributed by atoms with E-state index in [0.29, 0.717) is 5.88 Å². The number of hydrogen-bond acceptors (Lipinski definition) is 3. The summed E-state index contributed by atoms with van der Waals surface area (Å²) in [6.07, 6.45) is 4.36. The Balaban J connectivity index is 2.33. The molecule has 0 bridgehead atoms. The van der Waals surface area contributed by atoms with Crippen molar-refractivity contribution in [3.63, 3.8) is 0 Å². The first-order valence-corrected chi connectivity index (χ1v) is 8.83. The van der Waals surface area contributed by atoms with Crippen molar-refractivity contribution in [3.8, 4) is 11.7 Å². The minimum Gasteiger partial charge on any atom is -0.481 e. The molecule has 130 valence electrons. The Hall–Kier alpha value is -1.81. The minimum atomic E-state index is 0.0836. The van der Waals surface area contributed by atoms with Gasteiger partial charge in [-0.15, -0.1) is 0 Å². The highest BCUT2D eigenvalue weighted by molar-refractivity contribution is 5.51. The van der Waals surface area contributed by atoms with Gasteiger partial charge in [-0.25, -0.2) is 0 Å². The molecule has 4 heteroatoms. The van der Waals surface area contributed by atoms with Gasteiger partial charge in [0.25, 0.3) is 0 Å². The summed E-state index contributed by atoms with van der Waals surface area (Å²) in [7, 11) is 1.65. The lowest BCUT2D eigenvalue weighted by molar-refractivity contribution is 0.279. The molecule has 1 aliphatic carbocycles. The molecular formula is C20H28N2O2. The molecule has 2 aromatic rings. The van der Waals surface area contributed by atoms with Crippen LogP contribution in [0.2, 0.25) is 0 Å². The number of aliphatic hydroxyl groups excluding tert-OH is 1. The summed E-state index contributed by atoms with van der Waals surface area (Å²) < 4.78 is 7.68. The molecule has 1 N–H and O–H groups in total. The lowest BCUT2D eigenvalue weighted by Crippen LogP contribution is -2.15. The fourth-order valence-corrected chi connectivity index (χ4v) is 3.73. The van der Waals surface area contributed by atoms with Crippen molar-refractivity contribution in [2.75, 3.05) is 7.11 Å². The number of ether oxygens (including phenoxy) is 1. The van der Waals surface area contributed by atoms with E-state index >= 15 is 0 Å². The lowest BCUT2D eigenvalue weighted by atomic mass is 9.99. The molecule has 0 spiro atoms. The topological polar surface area (TPSA) is 47.3 Å². The van der Waals surface area contributed by atoms with E-state index in [9.17, 15) is 5.11 Å². The SMILES string of the molecule is CCCc1c(CO)c(C)c(C2(C)CC2)n1-c1nc(OC)ccc1C. The third kappa shape index (κ3) is 2.63. The second-order valence-electron chi connectivity index (χ2n) is 7.20. The van der Waals surface area contributed by atoms with Gasteiger partial charge in [-0.05, 0) is 44.2 Å². The molecule has 0 radical (unpaired) electrons. The highest BCUT2D eigenvalue weighted by Gasteiger charge is 2.44. The largest absolute Gasteiger partial charge is 0.481 e. The molecule has 0 atom stereocenters. The zero-order valence-electron chi connectivity index (χ0n) is 15.4. The quantitative estimate of drug-likeness (QED) is 0.872. The highest BCUT2D eigenvalue weighted by Crippen LogP contribution is 2.51. The molecule has 2 aromatic heterocycles. The molecule has 1 saturated carbocycles. The fourth-order valence-electron chi connectivity index (χ4n) is 3.73. The Morgan fingerprint density at radius 1 is 1.29 bits per heavy atom. The summed E-state index contributed by atoms with van der Waals surface area (Å²) in [5.74, 6) is 1.56. The maximum Gasteiger partial charge on any atom is 0.214 e. The Morgan fingerprint density at radius 2 is 2.00 bits per heavy atom. The second-order valence-corrected chi connectivity index (χ2v) is 7.20. The number of nitrogens with zero attached hydrogens (tertiary/aromatic N) is 2. The van der Waals surface area contributed by atoms with Crippen LogP contribution in [0.3, 0.4) is 0 Å². The molecule has 3 rings (SSSR count). The van der Waals surface area contributed by atoms with Crippen LogP contribution in [0.25, 0.3) is 5.82 Å². The molecule has 1 fully saturated rings. The number of pyridine rings is 1. The smallest absolute Gasteiger partial charge is 0.214 e. The van der Waals surface area contributed by atoms with Crippen molar-refractivity contribution in [1.82, 2.24) is 9.55 Å². The highest BCUT2D eigenvalue weighted by atomic mass is 16.5. The molecule has 4 nitrogen and oxygen atoms in total. The van der Waals surface area contributed by atoms with Crippen LogP contribution in [0.15, 0.2) is 12.1 Å². The van der Waals surface area contributed by atoms with Gasteiger partial charge in [-0.3, -0.25) is 0 Å². The van der Waals surface area contributed by atoms with Gasteiger partial charge in [-0.2, -0.15) is 4.98 Å². The molecule has 0 amide bonds. The number of hydrogen-bond donors (Lipinski definition) is 1. The van der Waals surface area contributed by atoms with Gasteiger partial charge in [0.1, 0.15) is 5.82 Å². The van der Waals surface area contributed by atoms with Crippen LogP contribution in [0.4, 0.5) is 0 Å². The summed E-state index contributed by atoms with van der Waals surface area (Å²) in [6.45, 7) is 8.82. The van der Waals surface area contributed by atoms with E-state index in [-0.39, 0.29) is 12.0 Å². The molecule has 0 unspecified atom stereocenters. The third-order valence-corrected chi connectivity index (χ3v) is 5.33. The second kappa shape index (κ2) is 6.25. The molecule has 2 heterocycles. The number of aliphatic hydroxyl groups is 1. The van der Waals surface area contributed by atoms with Gasteiger partial charge in [-0.1, -0.05) is 26.3 Å². The Labute approximate surface area is 144 Å². The molecule has 0 saturated heterocycles. The minimum absolute atomic E-state index is 0.0836. The summed E-state index contributed by atoms with van der Waals surface area (Å²) >= 11 is 0. The molecule has 24 heavy (non-hydrogen) atoms. The van der Waals surface area contributed by atoms with Gasteiger partial charge in [0.05, 0.1) is 13.7 Å². The normalized spacial score (nSPS) is 15.6. The number of methoxy groups -OCH3 is 1.